The van der Waals surface area contributed by atoms with Crippen LogP contribution in [0.3, 0.4) is 0 Å². The first-order valence-corrected chi connectivity index (χ1v) is 17.4. The summed E-state index contributed by atoms with van der Waals surface area (Å²) >= 11 is 6.02. The van der Waals surface area contributed by atoms with E-state index < -0.39 is 59.9 Å². The minimum Gasteiger partial charge on any atom is -0.467 e. The molecule has 2 aliphatic carbocycles. The van der Waals surface area contributed by atoms with Gasteiger partial charge in [-0.2, -0.15) is 28.1 Å². The maximum absolute atomic E-state index is 13.4. The number of esters is 1. The van der Waals surface area contributed by atoms with Gasteiger partial charge in [0.2, 0.25) is 23.6 Å². The number of aromatic nitrogens is 3. The van der Waals surface area contributed by atoms with E-state index in [4.69, 9.17) is 21.1 Å². The van der Waals surface area contributed by atoms with Gasteiger partial charge in [-0.1, -0.05) is 23.7 Å². The van der Waals surface area contributed by atoms with Crippen LogP contribution < -0.4 is 26.0 Å². The number of amides is 2. The first-order valence-electron chi connectivity index (χ1n) is 17.0. The molecule has 0 aliphatic heterocycles. The standard InChI is InChI=1S/C35H37ClF5N7O6/c1-53-29(52)25(12-17-42-28(51)26(49)18-20-10-13-34(37,38)14-11-20)44-27(50)21-2-8-24(9-3-21)43-30-45-31(47-32(46-30)54-19-35(39,40)41)48-33(15-16-33)22-4-6-23(36)7-5-22/h2-9,20,25H,10-19H2,1H3,(H,42,51)(H,44,50)(H2,43,45,46,47,48)/t25-/m0/s1. The number of halogens is 6. The molecule has 2 aliphatic rings. The Morgan fingerprint density at radius 2 is 1.57 bits per heavy atom. The molecule has 19 heteroatoms. The molecule has 1 aromatic heterocycles. The SMILES string of the molecule is COC(=O)[C@H](CCNC(=O)C(=O)CC1CCC(F)(F)CC1)NC(=O)c1ccc(Nc2nc(NC3(c4ccc(Cl)cc4)CC3)nc(OCC(F)(F)F)n2)cc1. The Balaban J connectivity index is 1.18. The minimum absolute atomic E-state index is 0.0425. The van der Waals surface area contributed by atoms with Crippen LogP contribution in [0.25, 0.3) is 0 Å². The van der Waals surface area contributed by atoms with E-state index in [0.717, 1.165) is 12.7 Å². The highest BCUT2D eigenvalue weighted by atomic mass is 35.5. The number of nitrogens with one attached hydrogen (secondary N) is 4. The van der Waals surface area contributed by atoms with Crippen LogP contribution in [-0.2, 0) is 24.7 Å². The summed E-state index contributed by atoms with van der Waals surface area (Å²) in [6.45, 7) is -1.81. The van der Waals surface area contributed by atoms with Gasteiger partial charge < -0.3 is 30.7 Å². The second-order valence-electron chi connectivity index (χ2n) is 13.1. The third-order valence-corrected chi connectivity index (χ3v) is 9.21. The molecule has 0 bridgehead atoms. The largest absolute Gasteiger partial charge is 0.467 e. The Bertz CT molecular complexity index is 1820. The number of hydrogen-bond acceptors (Lipinski definition) is 11. The van der Waals surface area contributed by atoms with E-state index in [2.05, 4.69) is 36.2 Å². The smallest absolute Gasteiger partial charge is 0.422 e. The number of benzene rings is 2. The van der Waals surface area contributed by atoms with E-state index in [1.54, 1.807) is 12.1 Å². The summed E-state index contributed by atoms with van der Waals surface area (Å²) in [5.41, 5.74) is 0.760. The normalized spacial score (nSPS) is 16.7. The zero-order valence-electron chi connectivity index (χ0n) is 28.9. The van der Waals surface area contributed by atoms with E-state index in [9.17, 15) is 41.1 Å². The van der Waals surface area contributed by atoms with E-state index >= 15 is 0 Å². The van der Waals surface area contributed by atoms with Crippen LogP contribution in [0.2, 0.25) is 5.02 Å². The Morgan fingerprint density at radius 3 is 2.19 bits per heavy atom. The predicted octanol–water partition coefficient (Wildman–Crippen LogP) is 5.87. The molecule has 4 N–H and O–H groups in total. The Kier molecular flexibility index (Phi) is 12.5. The van der Waals surface area contributed by atoms with Crippen LogP contribution in [0.1, 0.15) is 67.3 Å². The lowest BCUT2D eigenvalue weighted by Crippen LogP contribution is -2.44. The van der Waals surface area contributed by atoms with Crippen LogP contribution in [-0.4, -0.2) is 76.9 Å². The molecular formula is C35H37ClF5N7O6. The molecule has 1 atom stereocenters. The molecular weight excluding hydrogens is 745 g/mol. The van der Waals surface area contributed by atoms with Gasteiger partial charge >= 0.3 is 18.2 Å². The third kappa shape index (κ3) is 11.4. The Labute approximate surface area is 311 Å². The molecule has 290 valence electrons. The Morgan fingerprint density at radius 1 is 0.926 bits per heavy atom. The molecule has 0 unspecified atom stereocenters. The number of anilines is 3. The highest BCUT2D eigenvalue weighted by Gasteiger charge is 2.45. The second-order valence-corrected chi connectivity index (χ2v) is 13.5. The van der Waals surface area contributed by atoms with Gasteiger partial charge in [0.1, 0.15) is 6.04 Å². The van der Waals surface area contributed by atoms with E-state index in [1.807, 2.05) is 12.1 Å². The molecule has 2 aromatic carbocycles. The van der Waals surface area contributed by atoms with Crippen LogP contribution >= 0.6 is 11.6 Å². The maximum Gasteiger partial charge on any atom is 0.422 e. The summed E-state index contributed by atoms with van der Waals surface area (Å²) < 4.78 is 75.2. The highest BCUT2D eigenvalue weighted by Crippen LogP contribution is 2.48. The van der Waals surface area contributed by atoms with Gasteiger partial charge in [-0.3, -0.25) is 14.4 Å². The molecule has 13 nitrogen and oxygen atoms in total. The van der Waals surface area contributed by atoms with Crippen molar-refractivity contribution in [3.05, 3.63) is 64.7 Å². The summed E-state index contributed by atoms with van der Waals surface area (Å²) in [6.07, 6.45) is -3.91. The van der Waals surface area contributed by atoms with Crippen molar-refractivity contribution in [3.63, 3.8) is 0 Å². The number of ether oxygens (including phenoxy) is 2. The molecule has 2 fully saturated rings. The van der Waals surface area contributed by atoms with E-state index in [-0.39, 0.29) is 68.4 Å². The number of alkyl halides is 5. The first-order chi connectivity index (χ1) is 25.5. The fourth-order valence-electron chi connectivity index (χ4n) is 5.83. The van der Waals surface area contributed by atoms with Crippen LogP contribution in [0, 0.1) is 5.92 Å². The van der Waals surface area contributed by atoms with Gasteiger partial charge in [-0.05, 0) is 80.0 Å². The average molecular weight is 782 g/mol. The summed E-state index contributed by atoms with van der Waals surface area (Å²) in [7, 11) is 1.11. The number of methoxy groups -OCH3 is 1. The lowest BCUT2D eigenvalue weighted by Gasteiger charge is -2.27. The average Bonchev–Trinajstić information content (AvgIpc) is 3.91. The number of hydrogen-bond donors (Lipinski definition) is 4. The number of ketones is 1. The quantitative estimate of drug-likeness (QED) is 0.0778. The van der Waals surface area contributed by atoms with E-state index in [1.165, 1.54) is 24.3 Å². The number of Topliss-reactive ketones (excluding diaryl/α,β-unsaturated/α-hetero) is 1. The summed E-state index contributed by atoms with van der Waals surface area (Å²) in [5.74, 6) is -6.42. The second kappa shape index (κ2) is 16.9. The van der Waals surface area contributed by atoms with E-state index in [0.29, 0.717) is 23.6 Å². The lowest BCUT2D eigenvalue weighted by molar-refractivity contribution is -0.154. The minimum atomic E-state index is -4.65. The number of rotatable bonds is 16. The fourth-order valence-corrected chi connectivity index (χ4v) is 5.95. The number of carbonyl (C=O) groups excluding carboxylic acids is 4. The molecule has 0 radical (unpaired) electrons. The predicted molar refractivity (Wildman–Crippen MR) is 185 cm³/mol. The third-order valence-electron chi connectivity index (χ3n) is 8.95. The highest BCUT2D eigenvalue weighted by molar-refractivity contribution is 6.36. The molecule has 3 aromatic rings. The zero-order chi connectivity index (χ0) is 39.1. The number of carbonyl (C=O) groups is 4. The van der Waals surface area contributed by atoms with Crippen molar-refractivity contribution < 1.29 is 50.6 Å². The molecule has 2 saturated carbocycles. The first kappa shape index (κ1) is 40.1. The van der Waals surface area contributed by atoms with Gasteiger partial charge in [0, 0.05) is 42.1 Å². The van der Waals surface area contributed by atoms with Crippen LogP contribution in [0.5, 0.6) is 6.01 Å². The number of nitrogens with zero attached hydrogens (tertiary/aromatic N) is 3. The van der Waals surface area contributed by atoms with Crippen molar-refractivity contribution in [2.75, 3.05) is 30.9 Å². The molecule has 0 saturated heterocycles. The summed E-state index contributed by atoms with van der Waals surface area (Å²) in [6, 6.07) is 11.0. The summed E-state index contributed by atoms with van der Waals surface area (Å²) in [5, 5.41) is 11.5. The molecule has 0 spiro atoms. The van der Waals surface area contributed by atoms with Crippen LogP contribution in [0.4, 0.5) is 39.5 Å². The van der Waals surface area contributed by atoms with Crippen LogP contribution in [0.15, 0.2) is 48.5 Å². The molecule has 1 heterocycles. The van der Waals surface area contributed by atoms with Crippen molar-refractivity contribution in [3.8, 4) is 6.01 Å². The molecule has 5 rings (SSSR count). The van der Waals surface area contributed by atoms with Gasteiger partial charge in [0.05, 0.1) is 12.6 Å². The fraction of sp³-hybridized carbons (Fsp3) is 0.457. The van der Waals surface area contributed by atoms with Crippen molar-refractivity contribution in [2.24, 2.45) is 5.92 Å². The maximum atomic E-state index is 13.4. The zero-order valence-corrected chi connectivity index (χ0v) is 29.7. The summed E-state index contributed by atoms with van der Waals surface area (Å²) in [4.78, 5) is 62.4. The molecule has 54 heavy (non-hydrogen) atoms. The van der Waals surface area contributed by atoms with Gasteiger partial charge in [-0.15, -0.1) is 0 Å². The van der Waals surface area contributed by atoms with Crippen molar-refractivity contribution in [1.82, 2.24) is 25.6 Å². The van der Waals surface area contributed by atoms with Crippen molar-refractivity contribution in [1.29, 1.82) is 0 Å². The monoisotopic (exact) mass is 781 g/mol. The van der Waals surface area contributed by atoms with Crippen molar-refractivity contribution >= 4 is 52.8 Å². The Hall–Kier alpha value is -5.13. The van der Waals surface area contributed by atoms with Crippen molar-refractivity contribution in [2.45, 2.75) is 75.0 Å². The van der Waals surface area contributed by atoms with Gasteiger partial charge in [-0.25, -0.2) is 13.6 Å². The lowest BCUT2D eigenvalue weighted by atomic mass is 9.83. The van der Waals surface area contributed by atoms with Gasteiger partial charge in [0.25, 0.3) is 11.8 Å². The molecule has 2 amide bonds. The van der Waals surface area contributed by atoms with Gasteiger partial charge in [0.15, 0.2) is 6.61 Å². The topological polar surface area (TPSA) is 174 Å².